The predicted molar refractivity (Wildman–Crippen MR) is 173 cm³/mol. The zero-order valence-electron chi connectivity index (χ0n) is 26.6. The van der Waals surface area contributed by atoms with Gasteiger partial charge in [-0.2, -0.15) is 0 Å². The van der Waals surface area contributed by atoms with Gasteiger partial charge in [-0.1, -0.05) is 6.92 Å². The molecule has 2 heterocycles. The molecule has 0 spiro atoms. The third kappa shape index (κ3) is 5.48. The quantitative estimate of drug-likeness (QED) is 0.124. The van der Waals surface area contributed by atoms with Gasteiger partial charge in [0.05, 0.1) is 33.0 Å². The van der Waals surface area contributed by atoms with Gasteiger partial charge in [0.25, 0.3) is 0 Å². The lowest BCUT2D eigenvalue weighted by molar-refractivity contribution is 0.0878. The summed E-state index contributed by atoms with van der Waals surface area (Å²) in [6.45, 7) is 5.42. The minimum atomic E-state index is -0.854. The number of hydrogen-bond donors (Lipinski definition) is 6. The number of aliphatic hydroxyl groups is 1. The van der Waals surface area contributed by atoms with Crippen LogP contribution in [0.1, 0.15) is 52.8 Å². The summed E-state index contributed by atoms with van der Waals surface area (Å²) in [6, 6.07) is 7.49. The molecule has 6 N–H and O–H groups in total. The molecule has 11 nitrogen and oxygen atoms in total. The molecule has 2 aliphatic heterocycles. The summed E-state index contributed by atoms with van der Waals surface area (Å²) >= 11 is 0. The van der Waals surface area contributed by atoms with Crippen LogP contribution in [-0.2, 0) is 12.8 Å². The van der Waals surface area contributed by atoms with Crippen LogP contribution in [-0.4, -0.2) is 78.1 Å². The summed E-state index contributed by atoms with van der Waals surface area (Å²) in [4.78, 5) is 0. The molecule has 0 bridgehead atoms. The number of phenolic OH excluding ortho intramolecular Hbond substituents is 1. The summed E-state index contributed by atoms with van der Waals surface area (Å²) in [7, 11) is 6.85. The molecule has 0 saturated heterocycles. The lowest BCUT2D eigenvalue weighted by Crippen LogP contribution is -2.32. The predicted octanol–water partition coefficient (Wildman–Crippen LogP) is 3.61. The molecule has 242 valence electrons. The number of anilines is 1. The van der Waals surface area contributed by atoms with Crippen molar-refractivity contribution in [3.05, 3.63) is 52.1 Å². The first kappa shape index (κ1) is 31.1. The number of aliphatic hydroxyl groups excluding tert-OH is 1. The van der Waals surface area contributed by atoms with Crippen molar-refractivity contribution in [2.45, 2.75) is 37.8 Å². The van der Waals surface area contributed by atoms with E-state index in [1.54, 1.807) is 12.1 Å². The number of fused-ring (bicyclic) bond motifs is 2. The molecule has 0 amide bonds. The molecule has 3 aromatic rings. The maximum Gasteiger partial charge on any atom is 0.200 e. The summed E-state index contributed by atoms with van der Waals surface area (Å²) in [6.07, 6.45) is 0.608. The maximum absolute atomic E-state index is 12.1. The molecule has 3 aromatic carbocycles. The number of rotatable bonds is 13. The second kappa shape index (κ2) is 13.2. The van der Waals surface area contributed by atoms with Gasteiger partial charge in [-0.05, 0) is 62.3 Å². The van der Waals surface area contributed by atoms with Gasteiger partial charge in [-0.15, -0.1) is 0 Å². The number of benzene rings is 3. The average molecular weight is 621 g/mol. The highest BCUT2D eigenvalue weighted by atomic mass is 16.5. The Morgan fingerprint density at radius 3 is 2.36 bits per heavy atom. The molecule has 45 heavy (non-hydrogen) atoms. The standard InChI is InChI=1S/C34H44N4O7/c1-6-37-17-45-26-14-24(43-10-9-35-2)19-7-8-20-29-22(38-23(15-36-3)32(26)31(19)29)13-25-30(20)33(39)21(16-44-25)18-11-27(41-4)34(40)28(12-18)42-5/h11-14,21,23,33,35-40H,6-10,15-17H2,1-5H3. The summed E-state index contributed by atoms with van der Waals surface area (Å²) < 4.78 is 30.0. The third-order valence-corrected chi connectivity index (χ3v) is 9.01. The molecule has 3 atom stereocenters. The largest absolute Gasteiger partial charge is 0.502 e. The van der Waals surface area contributed by atoms with Crippen LogP contribution in [0.15, 0.2) is 24.3 Å². The fraction of sp³-hybridized carbons (Fsp3) is 0.471. The number of aromatic hydroxyl groups is 1. The van der Waals surface area contributed by atoms with E-state index in [9.17, 15) is 10.2 Å². The monoisotopic (exact) mass is 620 g/mol. The first-order chi connectivity index (χ1) is 21.9. The second-order valence-corrected chi connectivity index (χ2v) is 11.6. The normalized spacial score (nSPS) is 19.1. The van der Waals surface area contributed by atoms with Crippen molar-refractivity contribution in [3.8, 4) is 45.6 Å². The Labute approximate surface area is 264 Å². The van der Waals surface area contributed by atoms with Crippen LogP contribution in [0.4, 0.5) is 5.69 Å². The molecule has 0 aromatic heterocycles. The highest BCUT2D eigenvalue weighted by Crippen LogP contribution is 2.57. The fourth-order valence-electron chi connectivity index (χ4n) is 6.89. The summed E-state index contributed by atoms with van der Waals surface area (Å²) in [5.74, 6) is 2.36. The van der Waals surface area contributed by atoms with Gasteiger partial charge in [0.1, 0.15) is 30.6 Å². The SMILES string of the molecule is CCNCOc1cc(OCCNC)c2c3c1C(CNC)Nc1cc4c(c(c1-3)CC2)C(O)C(c1cc(OC)c(O)c(OC)c1)CO4. The highest BCUT2D eigenvalue weighted by molar-refractivity contribution is 5.94. The van der Waals surface area contributed by atoms with Crippen LogP contribution < -0.4 is 45.0 Å². The molecular weight excluding hydrogens is 576 g/mol. The van der Waals surface area contributed by atoms with Crippen LogP contribution in [0.3, 0.4) is 0 Å². The Balaban J connectivity index is 1.51. The first-order valence-electron chi connectivity index (χ1n) is 15.6. The number of ether oxygens (including phenoxy) is 5. The lowest BCUT2D eigenvalue weighted by atomic mass is 9.73. The van der Waals surface area contributed by atoms with E-state index in [2.05, 4.69) is 28.2 Å². The second-order valence-electron chi connectivity index (χ2n) is 11.6. The molecule has 0 radical (unpaired) electrons. The van der Waals surface area contributed by atoms with Crippen LogP contribution in [0, 0.1) is 0 Å². The summed E-state index contributed by atoms with van der Waals surface area (Å²) in [5, 5.41) is 36.1. The topological polar surface area (TPSA) is 135 Å². The van der Waals surface area contributed by atoms with Gasteiger partial charge in [0.2, 0.25) is 5.75 Å². The lowest BCUT2D eigenvalue weighted by Gasteiger charge is -2.40. The minimum absolute atomic E-state index is 0.0542. The minimum Gasteiger partial charge on any atom is -0.502 e. The van der Waals surface area contributed by atoms with E-state index in [-0.39, 0.29) is 29.9 Å². The van der Waals surface area contributed by atoms with Crippen LogP contribution in [0.25, 0.3) is 11.1 Å². The molecule has 3 aliphatic rings. The maximum atomic E-state index is 12.1. The fourth-order valence-corrected chi connectivity index (χ4v) is 6.89. The van der Waals surface area contributed by atoms with Gasteiger partial charge < -0.3 is 49.8 Å². The Morgan fingerprint density at radius 2 is 1.67 bits per heavy atom. The van der Waals surface area contributed by atoms with Crippen molar-refractivity contribution in [2.24, 2.45) is 0 Å². The van der Waals surface area contributed by atoms with Gasteiger partial charge in [0.15, 0.2) is 11.5 Å². The Bertz CT molecular complexity index is 1540. The Morgan fingerprint density at radius 1 is 0.911 bits per heavy atom. The number of methoxy groups -OCH3 is 2. The van der Waals surface area contributed by atoms with E-state index >= 15 is 0 Å². The van der Waals surface area contributed by atoms with E-state index in [1.165, 1.54) is 14.2 Å². The summed E-state index contributed by atoms with van der Waals surface area (Å²) in [5.41, 5.74) is 8.00. The number of hydrogen-bond acceptors (Lipinski definition) is 11. The van der Waals surface area contributed by atoms with Crippen molar-refractivity contribution < 1.29 is 33.9 Å². The first-order valence-corrected chi connectivity index (χ1v) is 15.6. The molecule has 1 aliphatic carbocycles. The van der Waals surface area contributed by atoms with Crippen LogP contribution >= 0.6 is 0 Å². The molecule has 3 unspecified atom stereocenters. The van der Waals surface area contributed by atoms with Crippen LogP contribution in [0.2, 0.25) is 0 Å². The molecule has 11 heteroatoms. The van der Waals surface area contributed by atoms with Crippen LogP contribution in [0.5, 0.6) is 34.5 Å². The van der Waals surface area contributed by atoms with E-state index in [4.69, 9.17) is 23.7 Å². The van der Waals surface area contributed by atoms with Crippen molar-refractivity contribution in [2.75, 3.05) is 73.2 Å². The van der Waals surface area contributed by atoms with E-state index in [0.717, 1.165) is 75.6 Å². The highest BCUT2D eigenvalue weighted by Gasteiger charge is 2.41. The molecule has 0 fully saturated rings. The van der Waals surface area contributed by atoms with Crippen molar-refractivity contribution in [3.63, 3.8) is 0 Å². The van der Waals surface area contributed by atoms with E-state index in [0.29, 0.717) is 32.1 Å². The number of nitrogens with one attached hydrogen (secondary N) is 4. The van der Waals surface area contributed by atoms with Gasteiger partial charge in [-0.3, -0.25) is 5.32 Å². The van der Waals surface area contributed by atoms with E-state index in [1.807, 2.05) is 26.2 Å². The zero-order chi connectivity index (χ0) is 31.7. The molecule has 0 saturated carbocycles. The average Bonchev–Trinajstić information content (AvgIpc) is 3.04. The van der Waals surface area contributed by atoms with Gasteiger partial charge in [0, 0.05) is 59.1 Å². The number of likely N-dealkylation sites (N-methyl/N-ethyl adjacent to an activating group) is 2. The Hall–Kier alpha value is -3.90. The number of phenols is 1. The third-order valence-electron chi connectivity index (χ3n) is 9.01. The van der Waals surface area contributed by atoms with Crippen molar-refractivity contribution >= 4 is 5.69 Å². The molecular formula is C34H44N4O7. The van der Waals surface area contributed by atoms with Crippen molar-refractivity contribution in [1.82, 2.24) is 16.0 Å². The zero-order valence-corrected chi connectivity index (χ0v) is 26.6. The van der Waals surface area contributed by atoms with Gasteiger partial charge in [-0.25, -0.2) is 0 Å². The Kier molecular flexibility index (Phi) is 9.14. The smallest absolute Gasteiger partial charge is 0.200 e. The van der Waals surface area contributed by atoms with Gasteiger partial charge >= 0.3 is 0 Å². The van der Waals surface area contributed by atoms with Crippen molar-refractivity contribution in [1.29, 1.82) is 0 Å². The molecule has 6 rings (SSSR count). The van der Waals surface area contributed by atoms with E-state index < -0.39 is 12.0 Å².